The molecule has 2 amide bonds. The van der Waals surface area contributed by atoms with Gasteiger partial charge in [0, 0.05) is 190 Å². The Balaban J connectivity index is 0.000000159. The summed E-state index contributed by atoms with van der Waals surface area (Å²) in [5.74, 6) is 1.41. The van der Waals surface area contributed by atoms with Crippen molar-refractivity contribution in [3.05, 3.63) is 230 Å². The van der Waals surface area contributed by atoms with Crippen molar-refractivity contribution in [3.63, 3.8) is 0 Å². The number of rotatable bonds is 13. The largest absolute Gasteiger partial charge is 0.490 e. The molecule has 11 heterocycles. The number of methoxy groups -OCH3 is 3. The average molecular weight is 1940 g/mol. The van der Waals surface area contributed by atoms with Crippen LogP contribution in [0.1, 0.15) is 58.7 Å². The highest BCUT2D eigenvalue weighted by Crippen LogP contribution is 2.44. The highest BCUT2D eigenvalue weighted by atomic mass is 79.9. The number of ether oxygens (including phenoxy) is 5. The van der Waals surface area contributed by atoms with E-state index in [4.69, 9.17) is 51.1 Å². The number of hydrogen-bond acceptors (Lipinski definition) is 23. The fraction of sp³-hybridized carbons (Fsp3) is 0.312. The van der Waals surface area contributed by atoms with Crippen molar-refractivity contribution in [2.45, 2.75) is 72.3 Å². The topological polar surface area (TPSA) is 318 Å². The smallest absolute Gasteiger partial charge is 0.481 e. The number of benzene rings is 6. The van der Waals surface area contributed by atoms with Crippen LogP contribution in [0, 0.1) is 0 Å². The van der Waals surface area contributed by atoms with E-state index < -0.39 is 71.5 Å². The maximum atomic E-state index is 14.3. The van der Waals surface area contributed by atoms with Crippen LogP contribution in [-0.4, -0.2) is 201 Å². The number of anilines is 5. The molecule has 3 aliphatic rings. The standard InChI is InChI=1S/2C28H25F3N6O2.C16H22F3N3O2.C14H14BrClN2O2.C6H8BNO3.CH4/c2*1-35-24-16-33-22-6-3-17(18-4-8-25(39-2)34-15-18)13-20(22)26(24)37(27(35)38)19-5-7-23(21(14-19)28(29,30)31)36-11-9-32-10-12-36;1-15(2,3)24-14(23)22-8-6-21(7-9-22)13-5-4-11(20)10-12(13)16(17,18)19;1-8(2)20-14(19)18(3)12-7-17-11-5-4-9(15)6-10(11)13(12)16;1-11-6-3-2-5(4-8-6)7(9)10;/h2*3-8,13-16,32H,9-12H2,1-2H3;4-5,10H,6-9,20H2,1-3H3;4-8H,1-3H3;2-4,9-10H,1H3;1H4. The summed E-state index contributed by atoms with van der Waals surface area (Å²) < 4.78 is 157. The molecule has 8 aromatic heterocycles. The average Bonchev–Trinajstić information content (AvgIpc) is 1.65. The Hall–Kier alpha value is -13.3. The predicted molar refractivity (Wildman–Crippen MR) is 505 cm³/mol. The van der Waals surface area contributed by atoms with E-state index in [0.717, 1.165) is 55.8 Å². The summed E-state index contributed by atoms with van der Waals surface area (Å²) in [6.07, 6.45) is -5.35. The summed E-state index contributed by atoms with van der Waals surface area (Å²) in [5, 5.41) is 26.2. The quantitative estimate of drug-likeness (QED) is 0.0407. The van der Waals surface area contributed by atoms with Crippen LogP contribution < -0.4 is 67.0 Å². The molecule has 17 rings (SSSR count). The number of carbonyl (C=O) groups is 2. The minimum atomic E-state index is -4.59. The number of carbonyl (C=O) groups excluding carboxylic acids is 2. The van der Waals surface area contributed by atoms with Crippen molar-refractivity contribution >= 4 is 136 Å². The van der Waals surface area contributed by atoms with Gasteiger partial charge in [0.25, 0.3) is 0 Å². The number of nitrogen functional groups attached to an aromatic ring is 1. The number of nitrogens with zero attached hydrogens (tertiary/aromatic N) is 15. The monoisotopic (exact) mass is 1940 g/mol. The number of hydrogen-bond donors (Lipinski definition) is 5. The van der Waals surface area contributed by atoms with Gasteiger partial charge in [-0.1, -0.05) is 53.2 Å². The van der Waals surface area contributed by atoms with Gasteiger partial charge in [-0.15, -0.1) is 0 Å². The Morgan fingerprint density at radius 2 is 0.910 bits per heavy atom. The summed E-state index contributed by atoms with van der Waals surface area (Å²) >= 11 is 9.78. The number of amides is 2. The van der Waals surface area contributed by atoms with Crippen LogP contribution in [0.25, 0.3) is 88.4 Å². The van der Waals surface area contributed by atoms with E-state index in [1.54, 1.807) is 132 Å². The lowest BCUT2D eigenvalue weighted by atomic mass is 9.82. The lowest BCUT2D eigenvalue weighted by Crippen LogP contribution is -2.50. The molecule has 29 nitrogen and oxygen atoms in total. The molecular weight excluding hydrogens is 1840 g/mol. The van der Waals surface area contributed by atoms with Crippen LogP contribution in [0.2, 0.25) is 5.02 Å². The number of aryl methyl sites for hydroxylation is 2. The van der Waals surface area contributed by atoms with Crippen LogP contribution in [0.5, 0.6) is 17.6 Å². The second-order valence-corrected chi connectivity index (χ2v) is 33.5. The van der Waals surface area contributed by atoms with E-state index in [0.29, 0.717) is 156 Å². The van der Waals surface area contributed by atoms with Gasteiger partial charge >= 0.3 is 49.2 Å². The van der Waals surface area contributed by atoms with Gasteiger partial charge in [0.15, 0.2) is 0 Å². The minimum Gasteiger partial charge on any atom is -0.481 e. The summed E-state index contributed by atoms with van der Waals surface area (Å²) in [5.41, 5.74) is 10.5. The summed E-state index contributed by atoms with van der Waals surface area (Å²) in [7, 11) is 7.89. The number of nitrogens with one attached hydrogen (secondary N) is 2. The first-order valence-corrected chi connectivity index (χ1v) is 42.9. The van der Waals surface area contributed by atoms with Crippen LogP contribution in [0.4, 0.5) is 77.5 Å². The van der Waals surface area contributed by atoms with Gasteiger partial charge in [-0.05, 0) is 161 Å². The van der Waals surface area contributed by atoms with E-state index in [2.05, 4.69) is 56.5 Å². The highest BCUT2D eigenvalue weighted by molar-refractivity contribution is 9.10. The zero-order valence-corrected chi connectivity index (χ0v) is 76.3. The molecule has 706 valence electrons. The molecule has 0 atom stereocenters. The molecule has 0 radical (unpaired) electrons. The van der Waals surface area contributed by atoms with Gasteiger partial charge in [-0.2, -0.15) is 39.5 Å². The maximum absolute atomic E-state index is 14.3. The van der Waals surface area contributed by atoms with E-state index >= 15 is 0 Å². The summed E-state index contributed by atoms with van der Waals surface area (Å²) in [6, 6.07) is 39.1. The molecule has 3 saturated heterocycles. The fourth-order valence-electron chi connectivity index (χ4n) is 15.2. The maximum Gasteiger partial charge on any atom is 0.490 e. The lowest BCUT2D eigenvalue weighted by Gasteiger charge is -2.37. The third-order valence-electron chi connectivity index (χ3n) is 21.9. The number of imidazole rings is 2. The zero-order chi connectivity index (χ0) is 95.9. The van der Waals surface area contributed by atoms with Crippen molar-refractivity contribution in [1.29, 1.82) is 0 Å². The zero-order valence-electron chi connectivity index (χ0n) is 74.0. The predicted octanol–water partition coefficient (Wildman–Crippen LogP) is 16.1. The Morgan fingerprint density at radius 1 is 0.507 bits per heavy atom. The first-order chi connectivity index (χ1) is 63.1. The Labute approximate surface area is 777 Å². The molecule has 0 spiro atoms. The van der Waals surface area contributed by atoms with E-state index in [-0.39, 0.29) is 47.7 Å². The second-order valence-electron chi connectivity index (χ2n) is 32.2. The molecule has 41 heteroatoms. The first-order valence-electron chi connectivity index (χ1n) is 41.7. The number of pyridine rings is 6. The highest BCUT2D eigenvalue weighted by Gasteiger charge is 2.40. The second kappa shape index (κ2) is 41.9. The Kier molecular flexibility index (Phi) is 31.2. The Bertz CT molecular complexity index is 6420. The number of nitrogens with two attached hydrogens (primary N) is 1. The van der Waals surface area contributed by atoms with Crippen LogP contribution in [0.3, 0.4) is 0 Å². The molecular formula is C93H98BBrClF9N18O11. The molecule has 14 aromatic rings. The molecule has 0 unspecified atom stereocenters. The van der Waals surface area contributed by atoms with Crippen LogP contribution in [0.15, 0.2) is 197 Å². The lowest BCUT2D eigenvalue weighted by molar-refractivity contribution is -0.138. The van der Waals surface area contributed by atoms with Gasteiger partial charge in [0.1, 0.15) is 5.60 Å². The first kappa shape index (κ1) is 99.7. The van der Waals surface area contributed by atoms with Gasteiger partial charge in [0.2, 0.25) is 17.6 Å². The number of aromatic nitrogens is 10. The van der Waals surface area contributed by atoms with Crippen molar-refractivity contribution in [3.8, 4) is 51.3 Å². The molecule has 134 heavy (non-hydrogen) atoms. The van der Waals surface area contributed by atoms with Gasteiger partial charge in [0.05, 0.1) is 123 Å². The molecule has 6 aromatic carbocycles. The van der Waals surface area contributed by atoms with Crippen LogP contribution >= 0.6 is 27.5 Å². The number of piperazine rings is 3. The number of halogens is 11. The normalized spacial score (nSPS) is 13.6. The molecule has 0 saturated carbocycles. The van der Waals surface area contributed by atoms with Gasteiger partial charge in [-0.25, -0.2) is 34.1 Å². The molecule has 3 fully saturated rings. The molecule has 6 N–H and O–H groups in total. The summed E-state index contributed by atoms with van der Waals surface area (Å²) in [4.78, 5) is 84.5. The van der Waals surface area contributed by atoms with E-state index in [9.17, 15) is 58.7 Å². The van der Waals surface area contributed by atoms with Crippen molar-refractivity contribution in [1.82, 2.24) is 63.7 Å². The number of alkyl halides is 9. The van der Waals surface area contributed by atoms with Crippen LogP contribution in [-0.2, 0) is 42.1 Å². The summed E-state index contributed by atoms with van der Waals surface area (Å²) in [6.45, 7) is 14.4. The van der Waals surface area contributed by atoms with Crippen molar-refractivity contribution in [2.24, 2.45) is 14.1 Å². The fourth-order valence-corrected chi connectivity index (χ4v) is 15.9. The van der Waals surface area contributed by atoms with Crippen molar-refractivity contribution < 1.29 is 82.8 Å². The third kappa shape index (κ3) is 22.8. The molecule has 0 aliphatic carbocycles. The van der Waals surface area contributed by atoms with Gasteiger partial charge < -0.3 is 69.7 Å². The minimum absolute atomic E-state index is 0. The van der Waals surface area contributed by atoms with E-state index in [1.165, 1.54) is 85.9 Å². The van der Waals surface area contributed by atoms with Gasteiger partial charge in [-0.3, -0.25) is 38.1 Å². The number of fused-ring (bicyclic) bond motifs is 7. The Morgan fingerprint density at radius 3 is 1.31 bits per heavy atom. The SMILES string of the molecule is C.CC(C)(C)OC(=O)N1CCN(c2ccc(N)cc2C(F)(F)F)CC1.CC(C)OC(=O)N(C)c1cnc2ccc(Br)cc2c1Cl.COc1ccc(-c2ccc3ncc4c(c3c2)n(-c2ccc(N3CCNCC3)c(C(F)(F)F)c2)c(=O)n4C)cn1.COc1ccc(-c2ccc3ncc4c(c3c2)n(-c2ccc(N3CCNCC3)c(C(F)(F)F)c2)c(=O)n4C)cn1.COc1ccc(B(O)O)cn1. The van der Waals surface area contributed by atoms with E-state index in [1.807, 2.05) is 66.7 Å². The molecule has 0 bridgehead atoms. The van der Waals surface area contributed by atoms with Crippen molar-refractivity contribution in [2.75, 3.05) is 132 Å². The third-order valence-corrected chi connectivity index (χ3v) is 22.8. The molecule has 3 aliphatic heterocycles.